The molecule has 6 aliphatic rings. The van der Waals surface area contributed by atoms with Gasteiger partial charge >= 0.3 is 0 Å². The van der Waals surface area contributed by atoms with E-state index < -0.39 is 20.0 Å². The first-order chi connectivity index (χ1) is 39.1. The lowest BCUT2D eigenvalue weighted by molar-refractivity contribution is 0.0108. The van der Waals surface area contributed by atoms with Gasteiger partial charge in [0.1, 0.15) is 11.4 Å². The minimum absolute atomic E-state index is 0.0814. The van der Waals surface area contributed by atoms with Crippen LogP contribution < -0.4 is 9.44 Å². The highest BCUT2D eigenvalue weighted by Crippen LogP contribution is 2.50. The molecule has 0 amide bonds. The monoisotopic (exact) mass is 1260 g/mol. The average Bonchev–Trinajstić information content (AvgIpc) is 4.11. The number of ether oxygens (including phenoxy) is 7. The van der Waals surface area contributed by atoms with Gasteiger partial charge < -0.3 is 43.0 Å². The molecule has 2 saturated heterocycles. The van der Waals surface area contributed by atoms with E-state index in [1.807, 2.05) is 12.4 Å². The highest BCUT2D eigenvalue weighted by molar-refractivity contribution is 7.90. The molecule has 81 heavy (non-hydrogen) atoms. The van der Waals surface area contributed by atoms with Crippen LogP contribution in [0.5, 0.6) is 0 Å². The molecule has 0 bridgehead atoms. The zero-order valence-corrected chi connectivity index (χ0v) is 52.3. The highest BCUT2D eigenvalue weighted by Gasteiger charge is 2.49. The molecule has 0 spiro atoms. The summed E-state index contributed by atoms with van der Waals surface area (Å²) in [5.41, 5.74) is 1.37. The number of aromatic nitrogens is 6. The summed E-state index contributed by atoms with van der Waals surface area (Å²) in [6, 6.07) is 0. The molecule has 21 nitrogen and oxygen atoms in total. The van der Waals surface area contributed by atoms with Crippen molar-refractivity contribution < 1.29 is 50.0 Å². The van der Waals surface area contributed by atoms with Crippen LogP contribution in [0.2, 0.25) is 0 Å². The van der Waals surface area contributed by atoms with Crippen LogP contribution in [0, 0.1) is 47.3 Å². The van der Waals surface area contributed by atoms with Crippen LogP contribution in [0.3, 0.4) is 0 Å². The number of rotatable bonds is 34. The van der Waals surface area contributed by atoms with Crippen molar-refractivity contribution >= 4 is 66.5 Å². The first kappa shape index (κ1) is 65.9. The fourth-order valence-electron chi connectivity index (χ4n) is 14.0. The maximum atomic E-state index is 13.4. The minimum atomic E-state index is -3.46. The van der Waals surface area contributed by atoms with E-state index in [9.17, 15) is 16.8 Å². The Kier molecular flexibility index (Phi) is 27.1. The van der Waals surface area contributed by atoms with Gasteiger partial charge in [-0.15, -0.1) is 56.6 Å². The molecule has 14 unspecified atom stereocenters. The van der Waals surface area contributed by atoms with Gasteiger partial charge in [0.2, 0.25) is 20.0 Å². The Morgan fingerprint density at radius 1 is 0.469 bits per heavy atom. The lowest BCUT2D eigenvalue weighted by Gasteiger charge is -2.51. The number of piperidine rings is 2. The van der Waals surface area contributed by atoms with Gasteiger partial charge in [-0.2, -0.15) is 0 Å². The predicted octanol–water partition coefficient (Wildman–Crippen LogP) is 5.25. The van der Waals surface area contributed by atoms with Crippen LogP contribution in [0.4, 0.5) is 0 Å². The molecule has 2 N–H and O–H groups in total. The standard InChI is InChI=1S/C54H92Cl4N10O11S2/c1-65-33-49(47-27-41(55)29-53(57)51(47)35-65)39-5-3-7-45(25-39)80(69,70)59-9-13-73-17-21-77-23-19-75-15-11-67-31-43(61-63-67)37-79-38-44-32-68(64-62-44)12-16-76-20-24-78-22-18-74-14-10-60-81(71,72)46-8-4-6-40(26-46)50-34-66(2)36-52-48(50)28-42(56)30-54(52)58/h31-32,39-42,45-54,59-60H,3-30,33-38H2,1-2H3. The van der Waals surface area contributed by atoms with Crippen molar-refractivity contribution in [1.29, 1.82) is 0 Å². The molecule has 0 radical (unpaired) electrons. The lowest BCUT2D eigenvalue weighted by Crippen LogP contribution is -2.54. The molecule has 4 heterocycles. The smallest absolute Gasteiger partial charge is 0.214 e. The Labute approximate surface area is 501 Å². The number of nitrogens with zero attached hydrogens (tertiary/aromatic N) is 8. The molecule has 2 aromatic rings. The second-order valence-electron chi connectivity index (χ2n) is 23.7. The van der Waals surface area contributed by atoms with Gasteiger partial charge in [0.25, 0.3) is 0 Å². The fraction of sp³-hybridized carbons (Fsp3) is 0.926. The number of fused-ring (bicyclic) bond motifs is 2. The van der Waals surface area contributed by atoms with Gasteiger partial charge in [-0.25, -0.2) is 35.6 Å². The summed E-state index contributed by atoms with van der Waals surface area (Å²) in [6.07, 6.45) is 14.0. The van der Waals surface area contributed by atoms with E-state index in [1.165, 1.54) is 0 Å². The Balaban J connectivity index is 0.572. The maximum Gasteiger partial charge on any atom is 0.214 e. The zero-order valence-electron chi connectivity index (χ0n) is 47.7. The Bertz CT molecular complexity index is 2210. The van der Waals surface area contributed by atoms with Crippen LogP contribution in [-0.4, -0.2) is 221 Å². The van der Waals surface area contributed by atoms with Crippen molar-refractivity contribution in [2.45, 2.75) is 135 Å². The molecule has 2 aromatic heterocycles. The zero-order chi connectivity index (χ0) is 57.2. The van der Waals surface area contributed by atoms with Gasteiger partial charge in [0.15, 0.2) is 0 Å². The predicted molar refractivity (Wildman–Crippen MR) is 312 cm³/mol. The Morgan fingerprint density at radius 2 is 0.840 bits per heavy atom. The molecule has 464 valence electrons. The molecule has 14 atom stereocenters. The number of halogens is 4. The molecule has 2 aliphatic heterocycles. The van der Waals surface area contributed by atoms with Gasteiger partial charge in [-0.1, -0.05) is 36.1 Å². The summed E-state index contributed by atoms with van der Waals surface area (Å²) in [5.74, 6) is 3.31. The summed E-state index contributed by atoms with van der Waals surface area (Å²) >= 11 is 26.9. The number of hydrogen-bond acceptors (Lipinski definition) is 17. The van der Waals surface area contributed by atoms with Crippen LogP contribution >= 0.6 is 46.4 Å². The van der Waals surface area contributed by atoms with E-state index in [1.54, 1.807) is 9.36 Å². The minimum Gasteiger partial charge on any atom is -0.378 e. The quantitative estimate of drug-likeness (QED) is 0.0675. The van der Waals surface area contributed by atoms with E-state index in [2.05, 4.69) is 54.0 Å². The van der Waals surface area contributed by atoms with E-state index in [0.29, 0.717) is 164 Å². The van der Waals surface area contributed by atoms with Crippen molar-refractivity contribution in [1.82, 2.24) is 49.2 Å². The van der Waals surface area contributed by atoms with Crippen molar-refractivity contribution in [3.05, 3.63) is 23.8 Å². The summed E-state index contributed by atoms with van der Waals surface area (Å²) in [6.45, 7) is 10.5. The van der Waals surface area contributed by atoms with Gasteiger partial charge in [-0.3, -0.25) is 0 Å². The third kappa shape index (κ3) is 20.5. The number of alkyl halides is 4. The normalized spacial score (nSPS) is 31.7. The van der Waals surface area contributed by atoms with Gasteiger partial charge in [0, 0.05) is 60.8 Å². The van der Waals surface area contributed by atoms with Gasteiger partial charge in [-0.05, 0) is 113 Å². The third-order valence-electron chi connectivity index (χ3n) is 17.8. The summed E-state index contributed by atoms with van der Waals surface area (Å²) < 4.78 is 102. The van der Waals surface area contributed by atoms with Crippen LogP contribution in [0.25, 0.3) is 0 Å². The second-order valence-corrected chi connectivity index (χ2v) is 30.1. The van der Waals surface area contributed by atoms with Crippen LogP contribution in [-0.2, 0) is 79.5 Å². The van der Waals surface area contributed by atoms with Gasteiger partial charge in [0.05, 0.1) is 128 Å². The van der Waals surface area contributed by atoms with E-state index >= 15 is 0 Å². The first-order valence-corrected chi connectivity index (χ1v) is 34.7. The average molecular weight is 1260 g/mol. The van der Waals surface area contributed by atoms with E-state index in [-0.39, 0.29) is 71.5 Å². The molecule has 4 saturated carbocycles. The van der Waals surface area contributed by atoms with Crippen molar-refractivity contribution in [3.8, 4) is 0 Å². The van der Waals surface area contributed by atoms with Crippen LogP contribution in [0.15, 0.2) is 12.4 Å². The molecular formula is C54H92Cl4N10O11S2. The first-order valence-electron chi connectivity index (χ1n) is 29.8. The summed E-state index contributed by atoms with van der Waals surface area (Å²) in [4.78, 5) is 4.77. The summed E-state index contributed by atoms with van der Waals surface area (Å²) in [7, 11) is -2.60. The highest BCUT2D eigenvalue weighted by atomic mass is 35.5. The molecular weight excluding hydrogens is 1170 g/mol. The Morgan fingerprint density at radius 3 is 1.25 bits per heavy atom. The largest absolute Gasteiger partial charge is 0.378 e. The molecule has 0 aromatic carbocycles. The number of nitrogens with one attached hydrogen (secondary N) is 2. The Hall–Kier alpha value is -1.10. The van der Waals surface area contributed by atoms with Crippen molar-refractivity contribution in [3.63, 3.8) is 0 Å². The van der Waals surface area contributed by atoms with E-state index in [0.717, 1.165) is 77.5 Å². The number of likely N-dealkylation sites (tertiary alicyclic amines) is 2. The SMILES string of the molecule is CN1CC2C(Cl)CC(Cl)CC2C(C2CCCC(S(=O)(=O)NCCOCCOCCOCCn3cc(COCc4cn(CCOCCOCCOCCNS(=O)(=O)C5CCCC(C6CN(C)CC7C(Cl)CC(Cl)CC76)C5)nn4)nn3)C2)C1. The maximum absolute atomic E-state index is 13.4. The number of hydrogen-bond donors (Lipinski definition) is 2. The second kappa shape index (κ2) is 33.3. The topological polar surface area (TPSA) is 225 Å². The van der Waals surface area contributed by atoms with E-state index in [4.69, 9.17) is 79.6 Å². The van der Waals surface area contributed by atoms with Crippen molar-refractivity contribution in [2.24, 2.45) is 47.3 Å². The molecule has 6 fully saturated rings. The van der Waals surface area contributed by atoms with Crippen LogP contribution in [0.1, 0.15) is 88.4 Å². The molecule has 4 aliphatic carbocycles. The fourth-order valence-corrected chi connectivity index (χ4v) is 19.1. The molecule has 27 heteroatoms. The molecule has 8 rings (SSSR count). The third-order valence-corrected chi connectivity index (χ3v) is 23.4. The van der Waals surface area contributed by atoms with Crippen molar-refractivity contribution in [2.75, 3.05) is 133 Å². The lowest BCUT2D eigenvalue weighted by atomic mass is 9.63. The summed E-state index contributed by atoms with van der Waals surface area (Å²) in [5, 5.41) is 16.3. The number of sulfonamides is 2.